The molecule has 1 aromatic carbocycles. The number of rotatable bonds is 5. The van der Waals surface area contributed by atoms with Crippen LogP contribution in [0.15, 0.2) is 18.2 Å². The molecule has 2 fully saturated rings. The van der Waals surface area contributed by atoms with Gasteiger partial charge in [0.2, 0.25) is 5.91 Å². The molecule has 3 rings (SSSR count). The van der Waals surface area contributed by atoms with E-state index in [0.717, 1.165) is 56.8 Å². The standard InChI is InChI=1S/C19H28FN3O2/c1-3-22-8-10-23(11-9-22)17-7-6-15(20)13-16(17)14(2)21-19(24)18-5-4-12-25-18/h6-7,13-14,18H,3-5,8-12H2,1-2H3,(H,21,24). The Kier molecular flexibility index (Phi) is 5.91. The van der Waals surface area contributed by atoms with Gasteiger partial charge in [-0.1, -0.05) is 6.92 Å². The third kappa shape index (κ3) is 4.30. The van der Waals surface area contributed by atoms with E-state index < -0.39 is 0 Å². The predicted octanol–water partition coefficient (Wildman–Crippen LogP) is 2.32. The molecule has 1 N–H and O–H groups in total. The van der Waals surface area contributed by atoms with E-state index >= 15 is 0 Å². The fraction of sp³-hybridized carbons (Fsp3) is 0.632. The van der Waals surface area contributed by atoms with Crippen LogP contribution in [0.1, 0.15) is 38.3 Å². The second-order valence-corrected chi connectivity index (χ2v) is 6.86. The molecule has 1 amide bonds. The van der Waals surface area contributed by atoms with E-state index in [-0.39, 0.29) is 23.9 Å². The molecule has 0 saturated carbocycles. The molecule has 0 spiro atoms. The molecule has 0 bridgehead atoms. The number of benzene rings is 1. The third-order valence-corrected chi connectivity index (χ3v) is 5.20. The predicted molar refractivity (Wildman–Crippen MR) is 96.3 cm³/mol. The first-order valence-electron chi connectivity index (χ1n) is 9.27. The number of likely N-dealkylation sites (N-methyl/N-ethyl adjacent to an activating group) is 1. The van der Waals surface area contributed by atoms with Crippen molar-refractivity contribution >= 4 is 11.6 Å². The fourth-order valence-corrected chi connectivity index (χ4v) is 3.63. The van der Waals surface area contributed by atoms with Crippen molar-refractivity contribution in [3.63, 3.8) is 0 Å². The van der Waals surface area contributed by atoms with Crippen molar-refractivity contribution in [2.75, 3.05) is 44.2 Å². The highest BCUT2D eigenvalue weighted by molar-refractivity contribution is 5.81. The van der Waals surface area contributed by atoms with Gasteiger partial charge in [0, 0.05) is 44.0 Å². The normalized spacial score (nSPS) is 22.8. The maximum atomic E-state index is 13.9. The minimum atomic E-state index is -0.368. The third-order valence-electron chi connectivity index (χ3n) is 5.20. The van der Waals surface area contributed by atoms with E-state index in [1.54, 1.807) is 6.07 Å². The van der Waals surface area contributed by atoms with Gasteiger partial charge in [-0.25, -0.2) is 4.39 Å². The number of nitrogens with zero attached hydrogens (tertiary/aromatic N) is 2. The first-order valence-corrected chi connectivity index (χ1v) is 9.27. The van der Waals surface area contributed by atoms with Crippen molar-refractivity contribution in [3.05, 3.63) is 29.6 Å². The molecule has 0 aliphatic carbocycles. The number of anilines is 1. The quantitative estimate of drug-likeness (QED) is 0.886. The number of hydrogen-bond acceptors (Lipinski definition) is 4. The van der Waals surface area contributed by atoms with Crippen LogP contribution in [-0.4, -0.2) is 56.2 Å². The van der Waals surface area contributed by atoms with Crippen LogP contribution in [0.5, 0.6) is 0 Å². The van der Waals surface area contributed by atoms with Crippen LogP contribution in [0.2, 0.25) is 0 Å². The molecule has 2 aliphatic rings. The average molecular weight is 349 g/mol. The number of carbonyl (C=O) groups is 1. The van der Waals surface area contributed by atoms with Crippen LogP contribution >= 0.6 is 0 Å². The summed E-state index contributed by atoms with van der Waals surface area (Å²) >= 11 is 0. The van der Waals surface area contributed by atoms with Crippen LogP contribution < -0.4 is 10.2 Å². The molecule has 1 aromatic rings. The number of ether oxygens (including phenoxy) is 1. The van der Waals surface area contributed by atoms with E-state index in [2.05, 4.69) is 22.0 Å². The number of nitrogens with one attached hydrogen (secondary N) is 1. The summed E-state index contributed by atoms with van der Waals surface area (Å²) in [6.45, 7) is 9.61. The SMILES string of the molecule is CCN1CCN(c2ccc(F)cc2C(C)NC(=O)C2CCCO2)CC1. The number of halogens is 1. The van der Waals surface area contributed by atoms with Crippen molar-refractivity contribution in [1.29, 1.82) is 0 Å². The zero-order valence-electron chi connectivity index (χ0n) is 15.1. The molecule has 2 unspecified atom stereocenters. The zero-order chi connectivity index (χ0) is 17.8. The lowest BCUT2D eigenvalue weighted by Gasteiger charge is -2.37. The highest BCUT2D eigenvalue weighted by atomic mass is 19.1. The molecule has 5 nitrogen and oxygen atoms in total. The summed E-state index contributed by atoms with van der Waals surface area (Å²) in [5.41, 5.74) is 1.84. The van der Waals surface area contributed by atoms with Crippen LogP contribution in [0.4, 0.5) is 10.1 Å². The largest absolute Gasteiger partial charge is 0.369 e. The van der Waals surface area contributed by atoms with Gasteiger partial charge >= 0.3 is 0 Å². The summed E-state index contributed by atoms with van der Waals surface area (Å²) in [5.74, 6) is -0.375. The van der Waals surface area contributed by atoms with Crippen molar-refractivity contribution in [2.24, 2.45) is 0 Å². The highest BCUT2D eigenvalue weighted by Crippen LogP contribution is 2.29. The van der Waals surface area contributed by atoms with Crippen molar-refractivity contribution < 1.29 is 13.9 Å². The summed E-state index contributed by atoms with van der Waals surface area (Å²) in [6, 6.07) is 4.62. The molecule has 2 heterocycles. The van der Waals surface area contributed by atoms with E-state index in [1.807, 2.05) is 13.0 Å². The van der Waals surface area contributed by atoms with Gasteiger partial charge in [0.25, 0.3) is 0 Å². The van der Waals surface area contributed by atoms with E-state index in [9.17, 15) is 9.18 Å². The topological polar surface area (TPSA) is 44.8 Å². The fourth-order valence-electron chi connectivity index (χ4n) is 3.63. The Balaban J connectivity index is 1.73. The zero-order valence-corrected chi connectivity index (χ0v) is 15.1. The molecule has 0 radical (unpaired) electrons. The smallest absolute Gasteiger partial charge is 0.249 e. The van der Waals surface area contributed by atoms with E-state index in [0.29, 0.717) is 6.61 Å². The summed E-state index contributed by atoms with van der Waals surface area (Å²) in [5, 5.41) is 3.00. The van der Waals surface area contributed by atoms with Gasteiger partial charge in [0.1, 0.15) is 11.9 Å². The number of carbonyl (C=O) groups excluding carboxylic acids is 1. The van der Waals surface area contributed by atoms with Gasteiger partial charge in [-0.3, -0.25) is 4.79 Å². The Labute approximate surface area is 149 Å². The van der Waals surface area contributed by atoms with Crippen LogP contribution in [0.3, 0.4) is 0 Å². The van der Waals surface area contributed by atoms with Crippen molar-refractivity contribution in [3.8, 4) is 0 Å². The lowest BCUT2D eigenvalue weighted by molar-refractivity contribution is -0.130. The van der Waals surface area contributed by atoms with Crippen LogP contribution in [-0.2, 0) is 9.53 Å². The lowest BCUT2D eigenvalue weighted by Crippen LogP contribution is -2.46. The van der Waals surface area contributed by atoms with Crippen LogP contribution in [0.25, 0.3) is 0 Å². The number of piperazine rings is 1. The minimum Gasteiger partial charge on any atom is -0.369 e. The molecule has 138 valence electrons. The molecule has 6 heteroatoms. The van der Waals surface area contributed by atoms with Gasteiger partial charge in [-0.2, -0.15) is 0 Å². The Hall–Kier alpha value is -1.66. The number of hydrogen-bond donors (Lipinski definition) is 1. The molecular weight excluding hydrogens is 321 g/mol. The van der Waals surface area contributed by atoms with E-state index in [4.69, 9.17) is 4.74 Å². The first kappa shape index (κ1) is 18.1. The Morgan fingerprint density at radius 2 is 2.12 bits per heavy atom. The summed E-state index contributed by atoms with van der Waals surface area (Å²) in [7, 11) is 0. The minimum absolute atomic E-state index is 0.101. The van der Waals surface area contributed by atoms with E-state index in [1.165, 1.54) is 6.07 Å². The maximum absolute atomic E-state index is 13.9. The number of amides is 1. The van der Waals surface area contributed by atoms with Gasteiger partial charge in [0.15, 0.2) is 0 Å². The molecule has 0 aromatic heterocycles. The first-order chi connectivity index (χ1) is 12.1. The molecule has 25 heavy (non-hydrogen) atoms. The molecule has 2 atom stereocenters. The Morgan fingerprint density at radius 3 is 2.76 bits per heavy atom. The molecular formula is C19H28FN3O2. The van der Waals surface area contributed by atoms with Gasteiger partial charge in [0.05, 0.1) is 6.04 Å². The van der Waals surface area contributed by atoms with Gasteiger partial charge in [-0.15, -0.1) is 0 Å². The summed E-state index contributed by atoms with van der Waals surface area (Å²) in [4.78, 5) is 17.0. The van der Waals surface area contributed by atoms with Crippen molar-refractivity contribution in [1.82, 2.24) is 10.2 Å². The monoisotopic (exact) mass is 349 g/mol. The Morgan fingerprint density at radius 1 is 1.36 bits per heavy atom. The second-order valence-electron chi connectivity index (χ2n) is 6.86. The lowest BCUT2D eigenvalue weighted by atomic mass is 10.0. The van der Waals surface area contributed by atoms with Crippen LogP contribution in [0, 0.1) is 5.82 Å². The molecule has 2 saturated heterocycles. The van der Waals surface area contributed by atoms with Gasteiger partial charge < -0.3 is 19.9 Å². The summed E-state index contributed by atoms with van der Waals surface area (Å²) < 4.78 is 19.3. The van der Waals surface area contributed by atoms with Crippen molar-refractivity contribution in [2.45, 2.75) is 38.8 Å². The highest BCUT2D eigenvalue weighted by Gasteiger charge is 2.27. The second kappa shape index (κ2) is 8.15. The Bertz CT molecular complexity index is 596. The van der Waals surface area contributed by atoms with Gasteiger partial charge in [-0.05, 0) is 44.5 Å². The molecule has 2 aliphatic heterocycles. The maximum Gasteiger partial charge on any atom is 0.249 e. The summed E-state index contributed by atoms with van der Waals surface area (Å²) in [6.07, 6.45) is 1.31. The average Bonchev–Trinajstić information content (AvgIpc) is 3.16.